The Morgan fingerprint density at radius 2 is 1.74 bits per heavy atom. The van der Waals surface area contributed by atoms with Gasteiger partial charge >= 0.3 is 4.87 Å². The van der Waals surface area contributed by atoms with Crippen molar-refractivity contribution >= 4 is 38.6 Å². The summed E-state index contributed by atoms with van der Waals surface area (Å²) in [6.07, 6.45) is 0.710. The number of nitrogens with one attached hydrogen (secondary N) is 2. The van der Waals surface area contributed by atoms with Crippen LogP contribution < -0.4 is 14.9 Å². The molecule has 11 heteroatoms. The molecule has 0 bridgehead atoms. The molecule has 0 atom stereocenters. The fourth-order valence-corrected chi connectivity index (χ4v) is 4.61. The van der Waals surface area contributed by atoms with E-state index in [1.807, 2.05) is 6.92 Å². The smallest absolute Gasteiger partial charge is 0.307 e. The standard InChI is InChI=1S/C20H19F2N3O4S2/c1-13-12-30-20(27)25(13)10-2-3-19(26)23-14-4-6-15(7-5-14)24-31(28,29)16-8-9-17(21)18(22)11-16/h4-9,11-12,24H,2-3,10H2,1H3,(H,23,26). The van der Waals surface area contributed by atoms with E-state index in [0.29, 0.717) is 24.7 Å². The van der Waals surface area contributed by atoms with Gasteiger partial charge in [0.25, 0.3) is 10.0 Å². The summed E-state index contributed by atoms with van der Waals surface area (Å²) in [5.41, 5.74) is 1.51. The average Bonchev–Trinajstić information content (AvgIpc) is 3.03. The molecule has 2 aromatic carbocycles. The second kappa shape index (κ2) is 9.40. The number of rotatable bonds is 8. The summed E-state index contributed by atoms with van der Waals surface area (Å²) in [5.74, 6) is -2.65. The first-order chi connectivity index (χ1) is 14.7. The Morgan fingerprint density at radius 1 is 1.06 bits per heavy atom. The van der Waals surface area contributed by atoms with Crippen LogP contribution in [0.4, 0.5) is 20.2 Å². The number of hydrogen-bond acceptors (Lipinski definition) is 5. The predicted molar refractivity (Wildman–Crippen MR) is 115 cm³/mol. The van der Waals surface area contributed by atoms with Gasteiger partial charge in [-0.25, -0.2) is 17.2 Å². The quantitative estimate of drug-likeness (QED) is 0.528. The average molecular weight is 468 g/mol. The van der Waals surface area contributed by atoms with Gasteiger partial charge in [-0.3, -0.25) is 14.3 Å². The largest absolute Gasteiger partial charge is 0.326 e. The summed E-state index contributed by atoms with van der Waals surface area (Å²) in [6, 6.07) is 8.17. The van der Waals surface area contributed by atoms with Crippen molar-refractivity contribution in [3.05, 3.63) is 74.8 Å². The van der Waals surface area contributed by atoms with Gasteiger partial charge in [0.1, 0.15) is 0 Å². The number of carbonyl (C=O) groups excluding carboxylic acids is 1. The molecule has 1 amide bonds. The van der Waals surface area contributed by atoms with Crippen molar-refractivity contribution in [3.63, 3.8) is 0 Å². The number of anilines is 2. The van der Waals surface area contributed by atoms with E-state index in [-0.39, 0.29) is 22.9 Å². The topological polar surface area (TPSA) is 97.3 Å². The molecule has 31 heavy (non-hydrogen) atoms. The van der Waals surface area contributed by atoms with E-state index in [4.69, 9.17) is 0 Å². The van der Waals surface area contributed by atoms with Crippen LogP contribution >= 0.6 is 11.3 Å². The van der Waals surface area contributed by atoms with E-state index in [9.17, 15) is 26.8 Å². The summed E-state index contributed by atoms with van der Waals surface area (Å²) >= 11 is 1.12. The molecule has 164 valence electrons. The highest BCUT2D eigenvalue weighted by Crippen LogP contribution is 2.20. The summed E-state index contributed by atoms with van der Waals surface area (Å²) < 4.78 is 54.8. The number of thiazole rings is 1. The molecular formula is C20H19F2N3O4S2. The van der Waals surface area contributed by atoms with Crippen molar-refractivity contribution in [2.75, 3.05) is 10.0 Å². The van der Waals surface area contributed by atoms with Gasteiger partial charge in [0.2, 0.25) is 5.91 Å². The van der Waals surface area contributed by atoms with Gasteiger partial charge in [-0.05, 0) is 55.8 Å². The van der Waals surface area contributed by atoms with Gasteiger partial charge in [-0.15, -0.1) is 0 Å². The predicted octanol–water partition coefficient (Wildman–Crippen LogP) is 3.72. The van der Waals surface area contributed by atoms with E-state index in [1.165, 1.54) is 24.3 Å². The number of carbonyl (C=O) groups is 1. The van der Waals surface area contributed by atoms with Crippen LogP contribution in [-0.4, -0.2) is 18.9 Å². The number of benzene rings is 2. The fourth-order valence-electron chi connectivity index (χ4n) is 2.78. The Morgan fingerprint density at radius 3 is 2.35 bits per heavy atom. The Hall–Kier alpha value is -3.05. The molecule has 0 fully saturated rings. The van der Waals surface area contributed by atoms with Crippen molar-refractivity contribution in [1.82, 2.24) is 4.57 Å². The maximum absolute atomic E-state index is 13.3. The first-order valence-electron chi connectivity index (χ1n) is 9.18. The number of hydrogen-bond donors (Lipinski definition) is 2. The lowest BCUT2D eigenvalue weighted by molar-refractivity contribution is -0.116. The highest BCUT2D eigenvalue weighted by atomic mass is 32.2. The van der Waals surface area contributed by atoms with Crippen molar-refractivity contribution in [1.29, 1.82) is 0 Å². The lowest BCUT2D eigenvalue weighted by Crippen LogP contribution is -2.17. The number of aromatic nitrogens is 1. The minimum atomic E-state index is -4.10. The number of sulfonamides is 1. The molecule has 3 aromatic rings. The van der Waals surface area contributed by atoms with Gasteiger partial charge in [-0.1, -0.05) is 11.3 Å². The molecular weight excluding hydrogens is 448 g/mol. The van der Waals surface area contributed by atoms with Crippen LogP contribution in [-0.2, 0) is 21.4 Å². The molecule has 7 nitrogen and oxygen atoms in total. The lowest BCUT2D eigenvalue weighted by Gasteiger charge is -2.10. The minimum absolute atomic E-state index is 0.0562. The van der Waals surface area contributed by atoms with Crippen LogP contribution in [0.25, 0.3) is 0 Å². The molecule has 0 aliphatic rings. The van der Waals surface area contributed by atoms with Crippen molar-refractivity contribution < 1.29 is 22.0 Å². The van der Waals surface area contributed by atoms with E-state index >= 15 is 0 Å². The first kappa shape index (κ1) is 22.6. The van der Waals surface area contributed by atoms with Crippen molar-refractivity contribution in [2.45, 2.75) is 31.2 Å². The molecule has 2 N–H and O–H groups in total. The molecule has 0 saturated carbocycles. The van der Waals surface area contributed by atoms with E-state index < -0.39 is 26.6 Å². The third-order valence-electron chi connectivity index (χ3n) is 4.38. The molecule has 3 rings (SSSR count). The summed E-state index contributed by atoms with van der Waals surface area (Å²) in [5, 5.41) is 4.46. The highest BCUT2D eigenvalue weighted by molar-refractivity contribution is 7.92. The number of nitrogens with zero attached hydrogens (tertiary/aromatic N) is 1. The van der Waals surface area contributed by atoms with Crippen LogP contribution in [0.5, 0.6) is 0 Å². The zero-order valence-electron chi connectivity index (χ0n) is 16.4. The van der Waals surface area contributed by atoms with E-state index in [2.05, 4.69) is 10.0 Å². The van der Waals surface area contributed by atoms with Crippen molar-refractivity contribution in [3.8, 4) is 0 Å². The van der Waals surface area contributed by atoms with Crippen LogP contribution in [0.3, 0.4) is 0 Å². The zero-order valence-corrected chi connectivity index (χ0v) is 18.0. The molecule has 0 aliphatic carbocycles. The fraction of sp³-hybridized carbons (Fsp3) is 0.200. The maximum atomic E-state index is 13.3. The van der Waals surface area contributed by atoms with Gasteiger partial charge in [-0.2, -0.15) is 0 Å². The van der Waals surface area contributed by atoms with Crippen LogP contribution in [0.1, 0.15) is 18.5 Å². The van der Waals surface area contributed by atoms with Gasteiger partial charge in [0.05, 0.1) is 4.90 Å². The SMILES string of the molecule is Cc1csc(=O)n1CCCC(=O)Nc1ccc(NS(=O)(=O)c2ccc(F)c(F)c2)cc1. The molecule has 0 saturated heterocycles. The van der Waals surface area contributed by atoms with Crippen LogP contribution in [0.15, 0.2) is 57.5 Å². The zero-order chi connectivity index (χ0) is 22.6. The summed E-state index contributed by atoms with van der Waals surface area (Å²) in [6.45, 7) is 2.28. The van der Waals surface area contributed by atoms with E-state index in [0.717, 1.165) is 29.2 Å². The van der Waals surface area contributed by atoms with E-state index in [1.54, 1.807) is 9.95 Å². The lowest BCUT2D eigenvalue weighted by atomic mass is 10.2. The molecule has 0 radical (unpaired) electrons. The number of aryl methyl sites for hydroxylation is 1. The van der Waals surface area contributed by atoms with Gasteiger partial charge in [0.15, 0.2) is 11.6 Å². The number of halogens is 2. The van der Waals surface area contributed by atoms with Crippen LogP contribution in [0.2, 0.25) is 0 Å². The second-order valence-electron chi connectivity index (χ2n) is 6.71. The van der Waals surface area contributed by atoms with Crippen molar-refractivity contribution in [2.24, 2.45) is 0 Å². The Kier molecular flexibility index (Phi) is 6.86. The Labute approximate surface area is 181 Å². The monoisotopic (exact) mass is 467 g/mol. The van der Waals surface area contributed by atoms with Gasteiger partial charge in [0, 0.05) is 35.4 Å². The third-order valence-corrected chi connectivity index (χ3v) is 6.64. The molecule has 0 unspecified atom stereocenters. The minimum Gasteiger partial charge on any atom is -0.326 e. The molecule has 0 aliphatic heterocycles. The molecule has 0 spiro atoms. The van der Waals surface area contributed by atoms with Crippen LogP contribution in [0, 0.1) is 18.6 Å². The Balaban J connectivity index is 1.55. The molecule has 1 aromatic heterocycles. The Bertz CT molecular complexity index is 1250. The summed E-state index contributed by atoms with van der Waals surface area (Å²) in [4.78, 5) is 23.3. The first-order valence-corrected chi connectivity index (χ1v) is 11.5. The second-order valence-corrected chi connectivity index (χ2v) is 9.21. The van der Waals surface area contributed by atoms with Gasteiger partial charge < -0.3 is 9.88 Å². The highest BCUT2D eigenvalue weighted by Gasteiger charge is 2.16. The molecule has 1 heterocycles. The summed E-state index contributed by atoms with van der Waals surface area (Å²) in [7, 11) is -4.10. The third kappa shape index (κ3) is 5.76. The maximum Gasteiger partial charge on any atom is 0.307 e. The number of amides is 1. The normalized spacial score (nSPS) is 11.3.